The van der Waals surface area contributed by atoms with E-state index >= 15 is 0 Å². The van der Waals surface area contributed by atoms with Crippen molar-refractivity contribution >= 4 is 34.5 Å². The Balaban J connectivity index is 1.61. The van der Waals surface area contributed by atoms with Gasteiger partial charge in [0.05, 0.1) is 17.1 Å². The molecule has 0 unspecified atom stereocenters. The molecule has 0 fully saturated rings. The Morgan fingerprint density at radius 3 is 2.23 bits per heavy atom. The number of nitrogens with zero attached hydrogens (tertiary/aromatic N) is 5. The first-order valence-electron chi connectivity index (χ1n) is 11.8. The molecule has 1 aliphatic carbocycles. The van der Waals surface area contributed by atoms with E-state index < -0.39 is 0 Å². The fraction of sp³-hybridized carbons (Fsp3) is 0.103. The van der Waals surface area contributed by atoms with E-state index in [1.54, 1.807) is 0 Å². The van der Waals surface area contributed by atoms with E-state index in [9.17, 15) is 0 Å². The highest BCUT2D eigenvalue weighted by molar-refractivity contribution is 5.88. The van der Waals surface area contributed by atoms with Crippen LogP contribution in [-0.4, -0.2) is 14.6 Å². The normalized spacial score (nSPS) is 14.6. The minimum Gasteiger partial charge on any atom is -0.380 e. The molecule has 35 heavy (non-hydrogen) atoms. The summed E-state index contributed by atoms with van der Waals surface area (Å²) in [5, 5.41) is 13.6. The first kappa shape index (κ1) is 21.0. The lowest BCUT2D eigenvalue weighted by Crippen LogP contribution is -2.11. The number of anilines is 1. The minimum atomic E-state index is 0.310. The zero-order chi connectivity index (χ0) is 23.6. The van der Waals surface area contributed by atoms with Crippen molar-refractivity contribution in [2.24, 2.45) is 10.2 Å². The SMILES string of the molecule is Nc1nn2c(-c3ccccc3)c3c(nc2c1N=Nc1ccccc1)/C(=C/c1ccccc1)CCC3. The molecule has 3 aromatic carbocycles. The Bertz CT molecular complexity index is 1550. The van der Waals surface area contributed by atoms with Crippen LogP contribution in [0, 0.1) is 0 Å². The topological polar surface area (TPSA) is 80.9 Å². The van der Waals surface area contributed by atoms with Gasteiger partial charge in [-0.05, 0) is 48.6 Å². The van der Waals surface area contributed by atoms with E-state index in [1.807, 2.05) is 59.1 Å². The van der Waals surface area contributed by atoms with E-state index in [4.69, 9.17) is 10.7 Å². The maximum atomic E-state index is 6.38. The zero-order valence-electron chi connectivity index (χ0n) is 19.2. The van der Waals surface area contributed by atoms with Crippen molar-refractivity contribution in [2.45, 2.75) is 19.3 Å². The molecule has 1 aliphatic rings. The van der Waals surface area contributed by atoms with Crippen LogP contribution in [-0.2, 0) is 6.42 Å². The van der Waals surface area contributed by atoms with Crippen LogP contribution in [0.1, 0.15) is 29.7 Å². The Morgan fingerprint density at radius 1 is 0.800 bits per heavy atom. The lowest BCUT2D eigenvalue weighted by Gasteiger charge is -2.22. The average Bonchev–Trinajstić information content (AvgIpc) is 3.22. The van der Waals surface area contributed by atoms with Gasteiger partial charge in [0.25, 0.3) is 0 Å². The number of aromatic nitrogens is 3. The van der Waals surface area contributed by atoms with Crippen molar-refractivity contribution in [3.8, 4) is 11.3 Å². The van der Waals surface area contributed by atoms with E-state index in [1.165, 1.54) is 11.1 Å². The number of fused-ring (bicyclic) bond motifs is 2. The molecule has 0 aliphatic heterocycles. The van der Waals surface area contributed by atoms with Gasteiger partial charge in [-0.1, -0.05) is 78.9 Å². The molecule has 170 valence electrons. The molecule has 2 heterocycles. The van der Waals surface area contributed by atoms with Gasteiger partial charge in [0.1, 0.15) is 0 Å². The van der Waals surface area contributed by atoms with E-state index in [2.05, 4.69) is 57.8 Å². The lowest BCUT2D eigenvalue weighted by atomic mass is 9.87. The molecule has 6 rings (SSSR count). The monoisotopic (exact) mass is 456 g/mol. The fourth-order valence-corrected chi connectivity index (χ4v) is 4.65. The molecule has 0 saturated carbocycles. The summed E-state index contributed by atoms with van der Waals surface area (Å²) in [7, 11) is 0. The molecular weight excluding hydrogens is 432 g/mol. The van der Waals surface area contributed by atoms with Gasteiger partial charge in [0, 0.05) is 11.1 Å². The molecule has 0 bridgehead atoms. The first-order valence-corrected chi connectivity index (χ1v) is 11.8. The Kier molecular flexibility index (Phi) is 5.39. The predicted molar refractivity (Wildman–Crippen MR) is 141 cm³/mol. The summed E-state index contributed by atoms with van der Waals surface area (Å²) in [6.07, 6.45) is 5.18. The summed E-state index contributed by atoms with van der Waals surface area (Å²) in [5.74, 6) is 0.310. The molecule has 6 heteroatoms. The third kappa shape index (κ3) is 3.99. The maximum Gasteiger partial charge on any atom is 0.186 e. The van der Waals surface area contributed by atoms with Gasteiger partial charge >= 0.3 is 0 Å². The number of azo groups is 1. The number of benzene rings is 3. The predicted octanol–water partition coefficient (Wildman–Crippen LogP) is 7.27. The van der Waals surface area contributed by atoms with Crippen LogP contribution in [0.2, 0.25) is 0 Å². The summed E-state index contributed by atoms with van der Waals surface area (Å²) in [4.78, 5) is 5.11. The number of nitrogen functional groups attached to an aromatic ring is 1. The number of nitrogens with two attached hydrogens (primary N) is 1. The third-order valence-electron chi connectivity index (χ3n) is 6.25. The van der Waals surface area contributed by atoms with Gasteiger partial charge in [-0.3, -0.25) is 0 Å². The van der Waals surface area contributed by atoms with Gasteiger partial charge in [-0.25, -0.2) is 9.50 Å². The zero-order valence-corrected chi connectivity index (χ0v) is 19.2. The summed E-state index contributed by atoms with van der Waals surface area (Å²) in [5.41, 5.74) is 14.9. The van der Waals surface area contributed by atoms with Gasteiger partial charge in [0.2, 0.25) is 0 Å². The molecule has 0 atom stereocenters. The van der Waals surface area contributed by atoms with Crippen molar-refractivity contribution in [3.05, 3.63) is 108 Å². The second-order valence-corrected chi connectivity index (χ2v) is 8.59. The first-order chi connectivity index (χ1) is 17.3. The second kappa shape index (κ2) is 8.99. The molecule has 5 aromatic rings. The molecule has 2 aromatic heterocycles. The Hall–Kier alpha value is -4.58. The number of hydrogen-bond donors (Lipinski definition) is 1. The van der Waals surface area contributed by atoms with Crippen LogP contribution >= 0.6 is 0 Å². The maximum absolute atomic E-state index is 6.38. The highest BCUT2D eigenvalue weighted by Gasteiger charge is 2.26. The molecule has 2 N–H and O–H groups in total. The molecule has 0 radical (unpaired) electrons. The van der Waals surface area contributed by atoms with Gasteiger partial charge in [-0.15, -0.1) is 10.2 Å². The van der Waals surface area contributed by atoms with Crippen LogP contribution < -0.4 is 5.73 Å². The Morgan fingerprint density at radius 2 is 1.49 bits per heavy atom. The van der Waals surface area contributed by atoms with E-state index in [0.717, 1.165) is 47.5 Å². The van der Waals surface area contributed by atoms with Crippen LogP contribution in [0.4, 0.5) is 17.2 Å². The molecule has 0 spiro atoms. The van der Waals surface area contributed by atoms with Crippen molar-refractivity contribution in [1.82, 2.24) is 14.6 Å². The van der Waals surface area contributed by atoms with E-state index in [0.29, 0.717) is 17.2 Å². The van der Waals surface area contributed by atoms with Gasteiger partial charge < -0.3 is 5.73 Å². The molecule has 6 nitrogen and oxygen atoms in total. The largest absolute Gasteiger partial charge is 0.380 e. The highest BCUT2D eigenvalue weighted by atomic mass is 15.3. The van der Waals surface area contributed by atoms with E-state index in [-0.39, 0.29) is 0 Å². The lowest BCUT2D eigenvalue weighted by molar-refractivity contribution is 0.793. The van der Waals surface area contributed by atoms with Crippen LogP contribution in [0.3, 0.4) is 0 Å². The highest BCUT2D eigenvalue weighted by Crippen LogP contribution is 2.40. The summed E-state index contributed by atoms with van der Waals surface area (Å²) < 4.78 is 1.84. The minimum absolute atomic E-state index is 0.310. The van der Waals surface area contributed by atoms with Gasteiger partial charge in [0.15, 0.2) is 17.2 Å². The Labute approximate surface area is 203 Å². The summed E-state index contributed by atoms with van der Waals surface area (Å²) in [6.45, 7) is 0. The van der Waals surface area contributed by atoms with Gasteiger partial charge in [-0.2, -0.15) is 5.11 Å². The number of rotatable bonds is 4. The van der Waals surface area contributed by atoms with Crippen LogP contribution in [0.25, 0.3) is 28.6 Å². The molecule has 0 amide bonds. The molecular formula is C29H24N6. The fourth-order valence-electron chi connectivity index (χ4n) is 4.65. The summed E-state index contributed by atoms with van der Waals surface area (Å²) >= 11 is 0. The standard InChI is InChI=1S/C29H24N6/c30-28-26(33-32-23-16-8-3-9-17-23)29-31-25-22(19-20-11-4-1-5-12-20)15-10-18-24(25)27(35(29)34-28)21-13-6-2-7-14-21/h1-9,11-14,16-17,19H,10,15,18H2,(H2,30,34)/b22-19+,33-32?. The smallest absolute Gasteiger partial charge is 0.186 e. The van der Waals surface area contributed by atoms with Crippen molar-refractivity contribution in [3.63, 3.8) is 0 Å². The third-order valence-corrected chi connectivity index (χ3v) is 6.25. The molecule has 0 saturated heterocycles. The van der Waals surface area contributed by atoms with Crippen molar-refractivity contribution in [1.29, 1.82) is 0 Å². The number of hydrogen-bond acceptors (Lipinski definition) is 5. The quantitative estimate of drug-likeness (QED) is 0.289. The van der Waals surface area contributed by atoms with Crippen LogP contribution in [0.15, 0.2) is 101 Å². The summed E-state index contributed by atoms with van der Waals surface area (Å²) in [6, 6.07) is 30.3. The van der Waals surface area contributed by atoms with Crippen molar-refractivity contribution in [2.75, 3.05) is 5.73 Å². The average molecular weight is 457 g/mol. The van der Waals surface area contributed by atoms with Crippen molar-refractivity contribution < 1.29 is 0 Å². The number of allylic oxidation sites excluding steroid dienone is 1. The second-order valence-electron chi connectivity index (χ2n) is 8.59. The van der Waals surface area contributed by atoms with Crippen LogP contribution in [0.5, 0.6) is 0 Å².